The average molecular weight is 298 g/mol. The van der Waals surface area contributed by atoms with Crippen molar-refractivity contribution < 1.29 is 8.42 Å². The van der Waals surface area contributed by atoms with Crippen LogP contribution >= 0.6 is 0 Å². The maximum absolute atomic E-state index is 11.3. The zero-order valence-corrected chi connectivity index (χ0v) is 12.0. The van der Waals surface area contributed by atoms with Crippen molar-refractivity contribution in [2.45, 2.75) is 11.3 Å². The Morgan fingerprint density at radius 1 is 0.952 bits per heavy atom. The van der Waals surface area contributed by atoms with Crippen LogP contribution in [0.3, 0.4) is 0 Å². The van der Waals surface area contributed by atoms with Crippen molar-refractivity contribution in [3.8, 4) is 0 Å². The predicted molar refractivity (Wildman–Crippen MR) is 82.6 cm³/mol. The molecular formula is C16H14N2O2S. The summed E-state index contributed by atoms with van der Waals surface area (Å²) in [7, 11) is -3.65. The van der Waals surface area contributed by atoms with E-state index in [1.165, 1.54) is 12.1 Å². The molecule has 1 aromatic heterocycles. The van der Waals surface area contributed by atoms with Crippen LogP contribution in [-0.2, 0) is 10.0 Å². The van der Waals surface area contributed by atoms with E-state index in [9.17, 15) is 8.42 Å². The first-order valence-electron chi connectivity index (χ1n) is 6.50. The van der Waals surface area contributed by atoms with E-state index in [4.69, 9.17) is 5.14 Å². The molecule has 0 saturated heterocycles. The van der Waals surface area contributed by atoms with Crippen LogP contribution < -0.4 is 5.14 Å². The van der Waals surface area contributed by atoms with E-state index in [0.29, 0.717) is 0 Å². The first-order valence-corrected chi connectivity index (χ1v) is 8.05. The third kappa shape index (κ3) is 2.79. The van der Waals surface area contributed by atoms with Crippen LogP contribution in [0.25, 0.3) is 11.1 Å². The number of benzene rings is 1. The van der Waals surface area contributed by atoms with E-state index in [1.54, 1.807) is 18.3 Å². The summed E-state index contributed by atoms with van der Waals surface area (Å²) in [6.45, 7) is 0. The molecule has 0 unspecified atom stereocenters. The number of hydrogen-bond donors (Lipinski definition) is 1. The lowest BCUT2D eigenvalue weighted by Crippen LogP contribution is -2.11. The van der Waals surface area contributed by atoms with Crippen LogP contribution in [0.1, 0.15) is 17.5 Å². The molecule has 2 N–H and O–H groups in total. The van der Waals surface area contributed by atoms with E-state index in [-0.39, 0.29) is 4.90 Å². The van der Waals surface area contributed by atoms with E-state index < -0.39 is 10.0 Å². The molecule has 106 valence electrons. The molecule has 5 heteroatoms. The van der Waals surface area contributed by atoms with Crippen LogP contribution in [-0.4, -0.2) is 13.4 Å². The monoisotopic (exact) mass is 298 g/mol. The summed E-state index contributed by atoms with van der Waals surface area (Å²) in [6, 6.07) is 10.5. The molecule has 4 nitrogen and oxygen atoms in total. The van der Waals surface area contributed by atoms with Crippen molar-refractivity contribution in [1.29, 1.82) is 0 Å². The Morgan fingerprint density at radius 2 is 1.62 bits per heavy atom. The molecule has 1 aliphatic carbocycles. The topological polar surface area (TPSA) is 73.1 Å². The molecule has 21 heavy (non-hydrogen) atoms. The highest BCUT2D eigenvalue weighted by Gasteiger charge is 2.15. The molecule has 1 heterocycles. The SMILES string of the molecule is NS(=O)(=O)c1ccc(C2=CCC=C2c2cccnc2)cc1. The summed E-state index contributed by atoms with van der Waals surface area (Å²) in [5, 5.41) is 5.12. The number of hydrogen-bond acceptors (Lipinski definition) is 3. The van der Waals surface area contributed by atoms with Gasteiger partial charge in [-0.3, -0.25) is 4.98 Å². The Balaban J connectivity index is 1.96. The number of pyridine rings is 1. The fourth-order valence-corrected chi connectivity index (χ4v) is 2.92. The number of sulfonamides is 1. The van der Waals surface area contributed by atoms with E-state index >= 15 is 0 Å². The van der Waals surface area contributed by atoms with Gasteiger partial charge in [0.05, 0.1) is 4.90 Å². The molecule has 0 fully saturated rings. The normalized spacial score (nSPS) is 14.7. The van der Waals surface area contributed by atoms with E-state index in [0.717, 1.165) is 28.7 Å². The van der Waals surface area contributed by atoms with Gasteiger partial charge < -0.3 is 0 Å². The van der Waals surface area contributed by atoms with Gasteiger partial charge >= 0.3 is 0 Å². The number of primary sulfonamides is 1. The molecule has 0 atom stereocenters. The van der Waals surface area contributed by atoms with E-state index in [2.05, 4.69) is 17.1 Å². The number of nitrogens with zero attached hydrogens (tertiary/aromatic N) is 1. The average Bonchev–Trinajstić information content (AvgIpc) is 2.97. The second-order valence-corrected chi connectivity index (χ2v) is 6.34. The first-order chi connectivity index (χ1) is 10.1. The molecule has 1 aliphatic rings. The Hall–Kier alpha value is -2.24. The highest BCUT2D eigenvalue weighted by atomic mass is 32.2. The van der Waals surface area contributed by atoms with Crippen LogP contribution in [0.15, 0.2) is 65.8 Å². The molecule has 0 radical (unpaired) electrons. The fourth-order valence-electron chi connectivity index (χ4n) is 2.41. The highest BCUT2D eigenvalue weighted by molar-refractivity contribution is 7.89. The first kappa shape index (κ1) is 13.7. The lowest BCUT2D eigenvalue weighted by molar-refractivity contribution is 0.598. The van der Waals surface area contributed by atoms with Gasteiger partial charge in [-0.25, -0.2) is 13.6 Å². The molecule has 0 amide bonds. The van der Waals surface area contributed by atoms with Gasteiger partial charge in [-0.05, 0) is 41.3 Å². The number of rotatable bonds is 3. The minimum Gasteiger partial charge on any atom is -0.264 e. The lowest BCUT2D eigenvalue weighted by Gasteiger charge is -2.09. The zero-order valence-electron chi connectivity index (χ0n) is 11.2. The van der Waals surface area contributed by atoms with Gasteiger partial charge in [0.2, 0.25) is 10.0 Å². The Labute approximate surface area is 123 Å². The zero-order chi connectivity index (χ0) is 14.9. The lowest BCUT2D eigenvalue weighted by atomic mass is 9.96. The van der Waals surface area contributed by atoms with Crippen molar-refractivity contribution in [2.75, 3.05) is 0 Å². The molecule has 0 aliphatic heterocycles. The summed E-state index contributed by atoms with van der Waals surface area (Å²) >= 11 is 0. The van der Waals surface area contributed by atoms with Gasteiger partial charge in [0, 0.05) is 18.0 Å². The molecule has 0 spiro atoms. The summed E-state index contributed by atoms with van der Waals surface area (Å²) in [5.41, 5.74) is 4.22. The summed E-state index contributed by atoms with van der Waals surface area (Å²) in [4.78, 5) is 4.26. The van der Waals surface area contributed by atoms with Gasteiger partial charge in [-0.15, -0.1) is 0 Å². The standard InChI is InChI=1S/C16H14N2O2S/c17-21(19,20)14-8-6-12(7-9-14)15-4-1-5-16(15)13-3-2-10-18-11-13/h2-11H,1H2,(H2,17,19,20). The fraction of sp³-hybridized carbons (Fsp3) is 0.0625. The largest absolute Gasteiger partial charge is 0.264 e. The minimum atomic E-state index is -3.65. The summed E-state index contributed by atoms with van der Waals surface area (Å²) in [6.07, 6.45) is 8.68. The maximum atomic E-state index is 11.3. The van der Waals surface area contributed by atoms with Crippen LogP contribution in [0.4, 0.5) is 0 Å². The van der Waals surface area contributed by atoms with Gasteiger partial charge in [-0.2, -0.15) is 0 Å². The molecule has 3 rings (SSSR count). The smallest absolute Gasteiger partial charge is 0.238 e. The van der Waals surface area contributed by atoms with Crippen molar-refractivity contribution in [3.63, 3.8) is 0 Å². The summed E-state index contributed by atoms with van der Waals surface area (Å²) < 4.78 is 22.6. The van der Waals surface area contributed by atoms with E-state index in [1.807, 2.05) is 18.3 Å². The van der Waals surface area contributed by atoms with Gasteiger partial charge in [0.15, 0.2) is 0 Å². The minimum absolute atomic E-state index is 0.122. The quantitative estimate of drug-likeness (QED) is 0.946. The molecule has 1 aromatic carbocycles. The Bertz CT molecular complexity index is 820. The number of aromatic nitrogens is 1. The summed E-state index contributed by atoms with van der Waals surface area (Å²) in [5.74, 6) is 0. The van der Waals surface area contributed by atoms with Crippen LogP contribution in [0, 0.1) is 0 Å². The van der Waals surface area contributed by atoms with Crippen molar-refractivity contribution in [3.05, 3.63) is 72.1 Å². The molecular weight excluding hydrogens is 284 g/mol. The van der Waals surface area contributed by atoms with Gasteiger partial charge in [-0.1, -0.05) is 30.4 Å². The third-order valence-electron chi connectivity index (χ3n) is 3.40. The highest BCUT2D eigenvalue weighted by Crippen LogP contribution is 2.36. The second-order valence-electron chi connectivity index (χ2n) is 4.78. The Morgan fingerprint density at radius 3 is 2.19 bits per heavy atom. The molecule has 0 bridgehead atoms. The van der Waals surface area contributed by atoms with Crippen molar-refractivity contribution in [2.24, 2.45) is 5.14 Å². The third-order valence-corrected chi connectivity index (χ3v) is 4.33. The number of allylic oxidation sites excluding steroid dienone is 4. The predicted octanol–water partition coefficient (Wildman–Crippen LogP) is 2.60. The van der Waals surface area contributed by atoms with Crippen molar-refractivity contribution in [1.82, 2.24) is 4.98 Å². The second kappa shape index (κ2) is 5.27. The van der Waals surface area contributed by atoms with Crippen molar-refractivity contribution >= 4 is 21.2 Å². The van der Waals surface area contributed by atoms with Crippen LogP contribution in [0.5, 0.6) is 0 Å². The Kier molecular flexibility index (Phi) is 3.45. The molecule has 2 aromatic rings. The van der Waals surface area contributed by atoms with Gasteiger partial charge in [0.1, 0.15) is 0 Å². The maximum Gasteiger partial charge on any atom is 0.238 e. The molecule has 0 saturated carbocycles. The van der Waals surface area contributed by atoms with Crippen LogP contribution in [0.2, 0.25) is 0 Å². The number of nitrogens with two attached hydrogens (primary N) is 1. The van der Waals surface area contributed by atoms with Gasteiger partial charge in [0.25, 0.3) is 0 Å².